The van der Waals surface area contributed by atoms with Crippen LogP contribution < -0.4 is 0 Å². The van der Waals surface area contributed by atoms with Gasteiger partial charge in [0.1, 0.15) is 0 Å². The molecule has 0 fully saturated rings. The predicted molar refractivity (Wildman–Crippen MR) is 44.1 cm³/mol. The minimum Gasteiger partial charge on any atom is -0.390 e. The Balaban J connectivity index is 3.36. The van der Waals surface area contributed by atoms with Gasteiger partial charge in [-0.3, -0.25) is 0 Å². The highest BCUT2D eigenvalue weighted by Gasteiger charge is 2.12. The summed E-state index contributed by atoms with van der Waals surface area (Å²) < 4.78 is 0. The summed E-state index contributed by atoms with van der Waals surface area (Å²) in [6, 6.07) is 0. The van der Waals surface area contributed by atoms with Crippen LogP contribution in [0.5, 0.6) is 0 Å². The Hall–Kier alpha value is -0.0800. The van der Waals surface area contributed by atoms with Gasteiger partial charge in [0.25, 0.3) is 0 Å². The summed E-state index contributed by atoms with van der Waals surface area (Å²) in [4.78, 5) is 2.19. The van der Waals surface area contributed by atoms with E-state index in [0.29, 0.717) is 0 Å². The molecule has 0 atom stereocenters. The maximum Gasteiger partial charge on any atom is 0.0603 e. The molecular weight excluding hydrogens is 126 g/mol. The van der Waals surface area contributed by atoms with Crippen molar-refractivity contribution in [2.75, 3.05) is 20.1 Å². The quantitative estimate of drug-likeness (QED) is 0.640. The average molecular weight is 145 g/mol. The zero-order valence-corrected chi connectivity index (χ0v) is 7.52. The van der Waals surface area contributed by atoms with E-state index in [9.17, 15) is 5.11 Å². The lowest BCUT2D eigenvalue weighted by Crippen LogP contribution is -2.28. The Bertz CT molecular complexity index is 85.7. The van der Waals surface area contributed by atoms with Crippen molar-refractivity contribution in [2.45, 2.75) is 32.8 Å². The Kier molecular flexibility index (Phi) is 3.91. The smallest absolute Gasteiger partial charge is 0.0603 e. The highest BCUT2D eigenvalue weighted by Crippen LogP contribution is 2.06. The first-order valence-corrected chi connectivity index (χ1v) is 3.86. The molecule has 10 heavy (non-hydrogen) atoms. The van der Waals surface area contributed by atoms with E-state index in [4.69, 9.17) is 0 Å². The van der Waals surface area contributed by atoms with Crippen LogP contribution in [0.1, 0.15) is 27.2 Å². The lowest BCUT2D eigenvalue weighted by molar-refractivity contribution is 0.0613. The van der Waals surface area contributed by atoms with Gasteiger partial charge in [-0.15, -0.1) is 0 Å². The third kappa shape index (κ3) is 6.05. The van der Waals surface area contributed by atoms with Gasteiger partial charge in [-0.25, -0.2) is 0 Å². The number of rotatable bonds is 4. The number of aliphatic hydroxyl groups is 1. The topological polar surface area (TPSA) is 23.5 Å². The molecule has 0 unspecified atom stereocenters. The molecular formula is C8H19NO. The first-order valence-electron chi connectivity index (χ1n) is 3.86. The number of hydrogen-bond acceptors (Lipinski definition) is 2. The second kappa shape index (κ2) is 3.94. The van der Waals surface area contributed by atoms with Crippen LogP contribution >= 0.6 is 0 Å². The number of hydrogen-bond donors (Lipinski definition) is 1. The van der Waals surface area contributed by atoms with Gasteiger partial charge in [-0.2, -0.15) is 0 Å². The minimum absolute atomic E-state index is 0.510. The first-order chi connectivity index (χ1) is 4.45. The molecule has 0 aliphatic heterocycles. The summed E-state index contributed by atoms with van der Waals surface area (Å²) >= 11 is 0. The van der Waals surface area contributed by atoms with Gasteiger partial charge >= 0.3 is 0 Å². The lowest BCUT2D eigenvalue weighted by Gasteiger charge is -2.21. The van der Waals surface area contributed by atoms with E-state index in [0.717, 1.165) is 19.5 Å². The third-order valence-corrected chi connectivity index (χ3v) is 1.65. The Morgan fingerprint density at radius 3 is 2.20 bits per heavy atom. The van der Waals surface area contributed by atoms with Crippen molar-refractivity contribution in [3.8, 4) is 0 Å². The van der Waals surface area contributed by atoms with Gasteiger partial charge in [0.2, 0.25) is 0 Å². The molecule has 0 amide bonds. The molecule has 0 aliphatic carbocycles. The van der Waals surface area contributed by atoms with Crippen molar-refractivity contribution in [2.24, 2.45) is 0 Å². The van der Waals surface area contributed by atoms with E-state index in [1.807, 2.05) is 13.8 Å². The molecule has 0 rings (SSSR count). The van der Waals surface area contributed by atoms with E-state index >= 15 is 0 Å². The normalized spacial score (nSPS) is 12.6. The van der Waals surface area contributed by atoms with Crippen molar-refractivity contribution in [3.63, 3.8) is 0 Å². The highest BCUT2D eigenvalue weighted by molar-refractivity contribution is 4.66. The van der Waals surface area contributed by atoms with Crippen molar-refractivity contribution in [1.82, 2.24) is 4.90 Å². The van der Waals surface area contributed by atoms with Gasteiger partial charge in [0.05, 0.1) is 5.60 Å². The van der Waals surface area contributed by atoms with Crippen molar-refractivity contribution >= 4 is 0 Å². The van der Waals surface area contributed by atoms with E-state index < -0.39 is 5.60 Å². The van der Waals surface area contributed by atoms with Crippen LogP contribution in [0.2, 0.25) is 0 Å². The molecule has 0 aliphatic rings. The molecule has 0 radical (unpaired) electrons. The van der Waals surface area contributed by atoms with Crippen LogP contribution in [-0.2, 0) is 0 Å². The van der Waals surface area contributed by atoms with Gasteiger partial charge in [-0.05, 0) is 33.9 Å². The Morgan fingerprint density at radius 1 is 1.40 bits per heavy atom. The van der Waals surface area contributed by atoms with Crippen molar-refractivity contribution < 1.29 is 5.11 Å². The van der Waals surface area contributed by atoms with Crippen molar-refractivity contribution in [1.29, 1.82) is 0 Å². The molecule has 1 N–H and O–H groups in total. The molecule has 0 aromatic rings. The molecule has 0 saturated heterocycles. The maximum atomic E-state index is 9.34. The highest BCUT2D eigenvalue weighted by atomic mass is 16.3. The van der Waals surface area contributed by atoms with E-state index in [1.165, 1.54) is 0 Å². The number of nitrogens with zero attached hydrogens (tertiary/aromatic N) is 1. The summed E-state index contributed by atoms with van der Waals surface area (Å²) in [5.74, 6) is 0. The Morgan fingerprint density at radius 2 is 1.90 bits per heavy atom. The van der Waals surface area contributed by atoms with Crippen LogP contribution in [-0.4, -0.2) is 35.7 Å². The molecule has 0 saturated carbocycles. The molecule has 0 heterocycles. The molecule has 0 bridgehead atoms. The lowest BCUT2D eigenvalue weighted by atomic mass is 10.1. The summed E-state index contributed by atoms with van der Waals surface area (Å²) in [5.41, 5.74) is -0.510. The van der Waals surface area contributed by atoms with Gasteiger partial charge in [0, 0.05) is 6.54 Å². The molecule has 0 aromatic carbocycles. The second-order valence-electron chi connectivity index (χ2n) is 3.46. The minimum atomic E-state index is -0.510. The fraction of sp³-hybridized carbons (Fsp3) is 1.00. The largest absolute Gasteiger partial charge is 0.390 e. The molecule has 62 valence electrons. The van der Waals surface area contributed by atoms with Crippen molar-refractivity contribution in [3.05, 3.63) is 0 Å². The zero-order valence-electron chi connectivity index (χ0n) is 7.52. The Labute approximate surface area is 63.8 Å². The zero-order chi connectivity index (χ0) is 8.20. The second-order valence-corrected chi connectivity index (χ2v) is 3.46. The van der Waals surface area contributed by atoms with E-state index in [1.54, 1.807) is 0 Å². The SMILES string of the molecule is CCN(C)CCC(C)(C)O. The molecule has 2 nitrogen and oxygen atoms in total. The summed E-state index contributed by atoms with van der Waals surface area (Å²) in [6.45, 7) is 7.83. The third-order valence-electron chi connectivity index (χ3n) is 1.65. The van der Waals surface area contributed by atoms with Gasteiger partial charge in [0.15, 0.2) is 0 Å². The van der Waals surface area contributed by atoms with E-state index in [2.05, 4.69) is 18.9 Å². The molecule has 2 heteroatoms. The molecule has 0 spiro atoms. The van der Waals surface area contributed by atoms with Crippen LogP contribution in [0.4, 0.5) is 0 Å². The maximum absolute atomic E-state index is 9.34. The fourth-order valence-corrected chi connectivity index (χ4v) is 0.623. The van der Waals surface area contributed by atoms with Gasteiger partial charge < -0.3 is 10.0 Å². The average Bonchev–Trinajstić information content (AvgIpc) is 1.81. The van der Waals surface area contributed by atoms with E-state index in [-0.39, 0.29) is 0 Å². The summed E-state index contributed by atoms with van der Waals surface area (Å²) in [5, 5.41) is 9.34. The van der Waals surface area contributed by atoms with Gasteiger partial charge in [-0.1, -0.05) is 6.92 Å². The van der Waals surface area contributed by atoms with Crippen LogP contribution in [0.25, 0.3) is 0 Å². The standard InChI is InChI=1S/C8H19NO/c1-5-9(4)7-6-8(2,3)10/h10H,5-7H2,1-4H3. The van der Waals surface area contributed by atoms with Crippen LogP contribution in [0.3, 0.4) is 0 Å². The first kappa shape index (κ1) is 9.92. The monoisotopic (exact) mass is 145 g/mol. The molecule has 0 aromatic heterocycles. The predicted octanol–water partition coefficient (Wildman–Crippen LogP) is 1.10. The van der Waals surface area contributed by atoms with Crippen LogP contribution in [0.15, 0.2) is 0 Å². The summed E-state index contributed by atoms with van der Waals surface area (Å²) in [7, 11) is 2.06. The van der Waals surface area contributed by atoms with Crippen LogP contribution in [0, 0.1) is 0 Å². The summed E-state index contributed by atoms with van der Waals surface area (Å²) in [6.07, 6.45) is 0.845. The fourth-order valence-electron chi connectivity index (χ4n) is 0.623.